The number of carbonyl (C=O) groups is 2. The Morgan fingerprint density at radius 1 is 0.682 bits per heavy atom. The van der Waals surface area contributed by atoms with Crippen molar-refractivity contribution in [1.29, 1.82) is 0 Å². The minimum atomic E-state index is -0.198. The highest BCUT2D eigenvalue weighted by molar-refractivity contribution is 5.72. The van der Waals surface area contributed by atoms with Crippen LogP contribution < -0.4 is 0 Å². The number of ether oxygens (including phenoxy) is 2. The van der Waals surface area contributed by atoms with E-state index in [2.05, 4.69) is 9.47 Å². The molecule has 0 aliphatic carbocycles. The highest BCUT2D eigenvalue weighted by Gasteiger charge is 2.00. The van der Waals surface area contributed by atoms with Gasteiger partial charge in [0.05, 0.1) is 27.1 Å². The van der Waals surface area contributed by atoms with E-state index in [4.69, 9.17) is 0 Å². The largest absolute Gasteiger partial charge is 0.469 e. The van der Waals surface area contributed by atoms with Crippen molar-refractivity contribution >= 4 is 11.9 Å². The van der Waals surface area contributed by atoms with Crippen LogP contribution in [-0.4, -0.2) is 26.2 Å². The zero-order valence-electron chi connectivity index (χ0n) is 12.8. The molecule has 0 saturated carbocycles. The Labute approximate surface area is 130 Å². The molecule has 0 aliphatic rings. The molecule has 0 radical (unpaired) electrons. The Morgan fingerprint density at radius 2 is 1.00 bits per heavy atom. The predicted octanol–water partition coefficient (Wildman–Crippen LogP) is 2.80. The second kappa shape index (κ2) is 10.2. The van der Waals surface area contributed by atoms with Gasteiger partial charge in [-0.1, -0.05) is 60.7 Å². The van der Waals surface area contributed by atoms with Crippen LogP contribution in [0.4, 0.5) is 0 Å². The van der Waals surface area contributed by atoms with Crippen molar-refractivity contribution in [3.05, 3.63) is 71.8 Å². The summed E-state index contributed by atoms with van der Waals surface area (Å²) in [7, 11) is 2.79. The molecule has 2 aromatic rings. The summed E-state index contributed by atoms with van der Waals surface area (Å²) in [4.78, 5) is 21.5. The number of hydrogen-bond acceptors (Lipinski definition) is 4. The van der Waals surface area contributed by atoms with E-state index >= 15 is 0 Å². The van der Waals surface area contributed by atoms with E-state index in [0.29, 0.717) is 12.8 Å². The fourth-order valence-electron chi connectivity index (χ4n) is 1.67. The molecule has 0 bridgehead atoms. The summed E-state index contributed by atoms with van der Waals surface area (Å²) in [6.07, 6.45) is 0.717. The summed E-state index contributed by atoms with van der Waals surface area (Å²) in [5.74, 6) is -0.396. The van der Waals surface area contributed by atoms with E-state index in [0.717, 1.165) is 11.1 Å². The van der Waals surface area contributed by atoms with Gasteiger partial charge >= 0.3 is 11.9 Å². The molecule has 0 spiro atoms. The molecule has 0 amide bonds. The van der Waals surface area contributed by atoms with Crippen molar-refractivity contribution < 1.29 is 19.1 Å². The molecule has 0 saturated heterocycles. The molecule has 22 heavy (non-hydrogen) atoms. The van der Waals surface area contributed by atoms with Crippen molar-refractivity contribution in [2.45, 2.75) is 12.8 Å². The Balaban J connectivity index is 0.000000220. The first-order valence-corrected chi connectivity index (χ1v) is 6.87. The Kier molecular flexibility index (Phi) is 8.05. The van der Waals surface area contributed by atoms with Crippen LogP contribution in [0.2, 0.25) is 0 Å². The van der Waals surface area contributed by atoms with Gasteiger partial charge in [-0.2, -0.15) is 0 Å². The van der Waals surface area contributed by atoms with Gasteiger partial charge in [-0.3, -0.25) is 9.59 Å². The summed E-state index contributed by atoms with van der Waals surface area (Å²) in [5, 5.41) is 0. The predicted molar refractivity (Wildman–Crippen MR) is 84.3 cm³/mol. The zero-order chi connectivity index (χ0) is 16.2. The Hall–Kier alpha value is -2.62. The van der Waals surface area contributed by atoms with Crippen LogP contribution in [0.3, 0.4) is 0 Å². The lowest BCUT2D eigenvalue weighted by Crippen LogP contribution is -2.03. The SMILES string of the molecule is COC(=O)Cc1ccccc1.COC(=O)Cc1ccccc1. The van der Waals surface area contributed by atoms with Crippen LogP contribution in [0, 0.1) is 0 Å². The average molecular weight is 300 g/mol. The summed E-state index contributed by atoms with van der Waals surface area (Å²) >= 11 is 0. The molecule has 116 valence electrons. The molecule has 0 unspecified atom stereocenters. The van der Waals surface area contributed by atoms with E-state index in [1.165, 1.54) is 14.2 Å². The normalized spacial score (nSPS) is 9.18. The standard InChI is InChI=1S/2C9H10O2/c2*1-11-9(10)7-8-5-3-2-4-6-8/h2*2-6H,7H2,1H3. The van der Waals surface area contributed by atoms with Crippen LogP contribution in [0.25, 0.3) is 0 Å². The molecular formula is C18H20O4. The first kappa shape index (κ1) is 17.4. The highest BCUT2D eigenvalue weighted by Crippen LogP contribution is 2.00. The van der Waals surface area contributed by atoms with Gasteiger partial charge < -0.3 is 9.47 Å². The lowest BCUT2D eigenvalue weighted by molar-refractivity contribution is -0.140. The maximum atomic E-state index is 10.8. The summed E-state index contributed by atoms with van der Waals surface area (Å²) in [6.45, 7) is 0. The summed E-state index contributed by atoms with van der Waals surface area (Å²) < 4.78 is 9.03. The van der Waals surface area contributed by atoms with Gasteiger partial charge in [-0.05, 0) is 11.1 Å². The quantitative estimate of drug-likeness (QED) is 0.815. The fraction of sp³-hybridized carbons (Fsp3) is 0.222. The lowest BCUT2D eigenvalue weighted by Gasteiger charge is -1.97. The van der Waals surface area contributed by atoms with E-state index in [1.54, 1.807) is 0 Å². The minimum absolute atomic E-state index is 0.198. The first-order chi connectivity index (χ1) is 10.7. The summed E-state index contributed by atoms with van der Waals surface area (Å²) in [6, 6.07) is 19.0. The van der Waals surface area contributed by atoms with Crippen molar-refractivity contribution in [1.82, 2.24) is 0 Å². The average Bonchev–Trinajstić information content (AvgIpc) is 2.57. The molecule has 0 fully saturated rings. The van der Waals surface area contributed by atoms with Crippen LogP contribution in [0.15, 0.2) is 60.7 Å². The number of carbonyl (C=O) groups excluding carboxylic acids is 2. The van der Waals surface area contributed by atoms with Gasteiger partial charge in [0.1, 0.15) is 0 Å². The molecule has 2 rings (SSSR count). The van der Waals surface area contributed by atoms with Crippen LogP contribution >= 0.6 is 0 Å². The van der Waals surface area contributed by atoms with E-state index < -0.39 is 0 Å². The molecule has 2 aromatic carbocycles. The van der Waals surface area contributed by atoms with E-state index in [1.807, 2.05) is 60.7 Å². The maximum absolute atomic E-state index is 10.8. The Morgan fingerprint density at radius 3 is 1.27 bits per heavy atom. The number of rotatable bonds is 4. The smallest absolute Gasteiger partial charge is 0.309 e. The van der Waals surface area contributed by atoms with Crippen LogP contribution in [0.5, 0.6) is 0 Å². The van der Waals surface area contributed by atoms with Crippen LogP contribution in [0.1, 0.15) is 11.1 Å². The summed E-state index contributed by atoms with van der Waals surface area (Å²) in [5.41, 5.74) is 1.97. The highest BCUT2D eigenvalue weighted by atomic mass is 16.5. The van der Waals surface area contributed by atoms with Crippen molar-refractivity contribution in [3.8, 4) is 0 Å². The molecule has 0 atom stereocenters. The second-order valence-corrected chi connectivity index (χ2v) is 4.48. The third kappa shape index (κ3) is 7.24. The molecule has 0 heterocycles. The second-order valence-electron chi connectivity index (χ2n) is 4.48. The number of esters is 2. The number of benzene rings is 2. The monoisotopic (exact) mass is 300 g/mol. The third-order valence-corrected chi connectivity index (χ3v) is 2.84. The zero-order valence-corrected chi connectivity index (χ0v) is 12.8. The van der Waals surface area contributed by atoms with Crippen molar-refractivity contribution in [2.75, 3.05) is 14.2 Å². The molecule has 0 aromatic heterocycles. The van der Waals surface area contributed by atoms with Crippen molar-refractivity contribution in [2.24, 2.45) is 0 Å². The number of methoxy groups -OCH3 is 2. The van der Waals surface area contributed by atoms with Gasteiger partial charge in [0.15, 0.2) is 0 Å². The van der Waals surface area contributed by atoms with Crippen LogP contribution in [-0.2, 0) is 31.9 Å². The van der Waals surface area contributed by atoms with E-state index in [9.17, 15) is 9.59 Å². The Bertz CT molecular complexity index is 511. The lowest BCUT2D eigenvalue weighted by atomic mass is 10.2. The van der Waals surface area contributed by atoms with Gasteiger partial charge in [-0.15, -0.1) is 0 Å². The number of hydrogen-bond donors (Lipinski definition) is 0. The third-order valence-electron chi connectivity index (χ3n) is 2.84. The van der Waals surface area contributed by atoms with Gasteiger partial charge in [0.2, 0.25) is 0 Å². The molecule has 0 aliphatic heterocycles. The fourth-order valence-corrected chi connectivity index (χ4v) is 1.67. The topological polar surface area (TPSA) is 52.6 Å². The van der Waals surface area contributed by atoms with Crippen molar-refractivity contribution in [3.63, 3.8) is 0 Å². The first-order valence-electron chi connectivity index (χ1n) is 6.87. The molecule has 0 N–H and O–H groups in total. The van der Waals surface area contributed by atoms with E-state index in [-0.39, 0.29) is 11.9 Å². The maximum Gasteiger partial charge on any atom is 0.309 e. The molecule has 4 nitrogen and oxygen atoms in total. The molecule has 4 heteroatoms. The van der Waals surface area contributed by atoms with Gasteiger partial charge in [-0.25, -0.2) is 0 Å². The minimum Gasteiger partial charge on any atom is -0.469 e. The van der Waals surface area contributed by atoms with Gasteiger partial charge in [0.25, 0.3) is 0 Å². The van der Waals surface area contributed by atoms with Gasteiger partial charge in [0, 0.05) is 0 Å². The molecular weight excluding hydrogens is 280 g/mol.